The van der Waals surface area contributed by atoms with E-state index in [-0.39, 0.29) is 25.4 Å². The third-order valence-corrected chi connectivity index (χ3v) is 1.88. The van der Waals surface area contributed by atoms with Gasteiger partial charge < -0.3 is 15.7 Å². The summed E-state index contributed by atoms with van der Waals surface area (Å²) in [5.74, 6) is -1.06. The molecule has 5 heteroatoms. The fraction of sp³-hybridized carbons (Fsp3) is 0.778. The molecule has 82 valence electrons. The van der Waals surface area contributed by atoms with Gasteiger partial charge in [-0.2, -0.15) is 0 Å². The van der Waals surface area contributed by atoms with E-state index in [0.717, 1.165) is 6.42 Å². The lowest BCUT2D eigenvalue weighted by molar-refractivity contribution is -0.136. The third-order valence-electron chi connectivity index (χ3n) is 1.88. The Bertz CT molecular complexity index is 194. The molecule has 14 heavy (non-hydrogen) atoms. The fourth-order valence-electron chi connectivity index (χ4n) is 0.783. The molecule has 0 aromatic heterocycles. The summed E-state index contributed by atoms with van der Waals surface area (Å²) in [7, 11) is 0. The summed E-state index contributed by atoms with van der Waals surface area (Å²) < 4.78 is 0. The van der Waals surface area contributed by atoms with Gasteiger partial charge in [-0.3, -0.25) is 9.59 Å². The van der Waals surface area contributed by atoms with E-state index < -0.39 is 5.97 Å². The molecule has 1 amide bonds. The van der Waals surface area contributed by atoms with Crippen LogP contribution in [0.1, 0.15) is 26.7 Å². The van der Waals surface area contributed by atoms with Crippen molar-refractivity contribution < 1.29 is 14.7 Å². The lowest BCUT2D eigenvalue weighted by Gasteiger charge is -2.10. The topological polar surface area (TPSA) is 78.4 Å². The van der Waals surface area contributed by atoms with Crippen LogP contribution in [0.5, 0.6) is 0 Å². The maximum atomic E-state index is 11.1. The van der Waals surface area contributed by atoms with Crippen molar-refractivity contribution in [3.05, 3.63) is 0 Å². The van der Waals surface area contributed by atoms with Crippen LogP contribution in [0.4, 0.5) is 0 Å². The maximum Gasteiger partial charge on any atom is 0.305 e. The third kappa shape index (κ3) is 7.54. The Balaban J connectivity index is 3.41. The van der Waals surface area contributed by atoms with Crippen molar-refractivity contribution in [3.8, 4) is 0 Å². The average Bonchev–Trinajstić information content (AvgIpc) is 2.13. The molecule has 5 nitrogen and oxygen atoms in total. The Morgan fingerprint density at radius 3 is 2.57 bits per heavy atom. The van der Waals surface area contributed by atoms with E-state index >= 15 is 0 Å². The van der Waals surface area contributed by atoms with E-state index in [1.807, 2.05) is 13.8 Å². The minimum Gasteiger partial charge on any atom is -0.481 e. The summed E-state index contributed by atoms with van der Waals surface area (Å²) in [4.78, 5) is 21.2. The van der Waals surface area contributed by atoms with Gasteiger partial charge in [0.1, 0.15) is 0 Å². The van der Waals surface area contributed by atoms with Gasteiger partial charge in [-0.15, -0.1) is 0 Å². The Morgan fingerprint density at radius 2 is 2.07 bits per heavy atom. The molecular weight excluding hydrogens is 184 g/mol. The number of hydrogen-bond donors (Lipinski definition) is 3. The van der Waals surface area contributed by atoms with Gasteiger partial charge in [-0.25, -0.2) is 0 Å². The van der Waals surface area contributed by atoms with Gasteiger partial charge in [0, 0.05) is 12.6 Å². The average molecular weight is 202 g/mol. The zero-order valence-electron chi connectivity index (χ0n) is 8.67. The summed E-state index contributed by atoms with van der Waals surface area (Å²) in [6.45, 7) is 4.45. The molecule has 0 radical (unpaired) electrons. The van der Waals surface area contributed by atoms with Crippen LogP contribution in [0.2, 0.25) is 0 Å². The summed E-state index contributed by atoms with van der Waals surface area (Å²) in [6.07, 6.45) is 0.928. The standard InChI is InChI=1S/C9H18N2O3/c1-3-7(2)11-6-8(12)10-5-4-9(13)14/h7,11H,3-6H2,1-2H3,(H,10,12)(H,13,14). The first-order valence-corrected chi connectivity index (χ1v) is 4.78. The van der Waals surface area contributed by atoms with Gasteiger partial charge in [0.2, 0.25) is 5.91 Å². The molecule has 1 atom stereocenters. The molecule has 0 aliphatic rings. The van der Waals surface area contributed by atoms with E-state index in [0.29, 0.717) is 6.04 Å². The van der Waals surface area contributed by atoms with Gasteiger partial charge in [0.15, 0.2) is 0 Å². The van der Waals surface area contributed by atoms with Crippen molar-refractivity contribution in [3.63, 3.8) is 0 Å². The minimum absolute atomic E-state index is 0.0327. The number of carbonyl (C=O) groups is 2. The molecule has 3 N–H and O–H groups in total. The monoisotopic (exact) mass is 202 g/mol. The van der Waals surface area contributed by atoms with Gasteiger partial charge in [0.25, 0.3) is 0 Å². The van der Waals surface area contributed by atoms with Crippen LogP contribution in [0, 0.1) is 0 Å². The molecule has 0 aromatic rings. The number of rotatable bonds is 7. The Labute approximate surface area is 83.9 Å². The van der Waals surface area contributed by atoms with Crippen LogP contribution in [0.25, 0.3) is 0 Å². The lowest BCUT2D eigenvalue weighted by Crippen LogP contribution is -2.38. The van der Waals surface area contributed by atoms with Crippen molar-refractivity contribution in [1.82, 2.24) is 10.6 Å². The maximum absolute atomic E-state index is 11.1. The first-order valence-electron chi connectivity index (χ1n) is 4.78. The zero-order valence-corrected chi connectivity index (χ0v) is 8.67. The first-order chi connectivity index (χ1) is 6.56. The van der Waals surface area contributed by atoms with Crippen molar-refractivity contribution in [2.45, 2.75) is 32.7 Å². The summed E-state index contributed by atoms with van der Waals surface area (Å²) in [5.41, 5.74) is 0. The second-order valence-corrected chi connectivity index (χ2v) is 3.18. The number of carboxylic acid groups (broad SMARTS) is 1. The molecule has 0 saturated heterocycles. The van der Waals surface area contributed by atoms with Crippen LogP contribution < -0.4 is 10.6 Å². The quantitative estimate of drug-likeness (QED) is 0.541. The number of amides is 1. The molecule has 0 aromatic carbocycles. The highest BCUT2D eigenvalue weighted by Gasteiger charge is 2.03. The summed E-state index contributed by atoms with van der Waals surface area (Å²) >= 11 is 0. The second-order valence-electron chi connectivity index (χ2n) is 3.18. The molecule has 0 saturated carbocycles. The van der Waals surface area contributed by atoms with Crippen LogP contribution in [0.15, 0.2) is 0 Å². The van der Waals surface area contributed by atoms with E-state index in [9.17, 15) is 9.59 Å². The molecule has 0 aliphatic carbocycles. The molecular formula is C9H18N2O3. The summed E-state index contributed by atoms with van der Waals surface area (Å²) in [5, 5.41) is 13.8. The normalized spacial score (nSPS) is 12.1. The molecule has 0 fully saturated rings. The molecule has 1 unspecified atom stereocenters. The van der Waals surface area contributed by atoms with Crippen LogP contribution in [-0.2, 0) is 9.59 Å². The lowest BCUT2D eigenvalue weighted by atomic mass is 10.2. The van der Waals surface area contributed by atoms with Crippen molar-refractivity contribution >= 4 is 11.9 Å². The summed E-state index contributed by atoms with van der Waals surface area (Å²) in [6, 6.07) is 0.306. The van der Waals surface area contributed by atoms with E-state index in [4.69, 9.17) is 5.11 Å². The Morgan fingerprint density at radius 1 is 1.43 bits per heavy atom. The van der Waals surface area contributed by atoms with Gasteiger partial charge in [0.05, 0.1) is 13.0 Å². The van der Waals surface area contributed by atoms with Crippen molar-refractivity contribution in [2.75, 3.05) is 13.1 Å². The van der Waals surface area contributed by atoms with Gasteiger partial charge in [-0.05, 0) is 13.3 Å². The number of hydrogen-bond acceptors (Lipinski definition) is 3. The van der Waals surface area contributed by atoms with Gasteiger partial charge in [-0.1, -0.05) is 6.92 Å². The number of aliphatic carboxylic acids is 1. The van der Waals surface area contributed by atoms with E-state index in [2.05, 4.69) is 10.6 Å². The van der Waals surface area contributed by atoms with Crippen molar-refractivity contribution in [2.24, 2.45) is 0 Å². The predicted octanol–water partition coefficient (Wildman–Crippen LogP) is -0.0346. The number of nitrogens with one attached hydrogen (secondary N) is 2. The second kappa shape index (κ2) is 7.32. The molecule has 0 spiro atoms. The Hall–Kier alpha value is -1.10. The highest BCUT2D eigenvalue weighted by molar-refractivity contribution is 5.78. The van der Waals surface area contributed by atoms with Crippen LogP contribution in [0.3, 0.4) is 0 Å². The molecule has 0 aliphatic heterocycles. The largest absolute Gasteiger partial charge is 0.481 e. The molecule has 0 bridgehead atoms. The Kier molecular flexibility index (Phi) is 6.74. The van der Waals surface area contributed by atoms with E-state index in [1.165, 1.54) is 0 Å². The molecule has 0 heterocycles. The SMILES string of the molecule is CCC(C)NCC(=O)NCCC(=O)O. The predicted molar refractivity (Wildman–Crippen MR) is 53.0 cm³/mol. The fourth-order valence-corrected chi connectivity index (χ4v) is 0.783. The minimum atomic E-state index is -0.903. The first kappa shape index (κ1) is 12.9. The van der Waals surface area contributed by atoms with E-state index in [1.54, 1.807) is 0 Å². The van der Waals surface area contributed by atoms with Gasteiger partial charge >= 0.3 is 5.97 Å². The molecule has 0 rings (SSSR count). The zero-order chi connectivity index (χ0) is 11.0. The highest BCUT2D eigenvalue weighted by Crippen LogP contribution is 1.85. The smallest absolute Gasteiger partial charge is 0.305 e. The number of carboxylic acids is 1. The van der Waals surface area contributed by atoms with Crippen molar-refractivity contribution in [1.29, 1.82) is 0 Å². The van der Waals surface area contributed by atoms with Crippen LogP contribution in [-0.4, -0.2) is 36.1 Å². The van der Waals surface area contributed by atoms with Crippen LogP contribution >= 0.6 is 0 Å². The number of carbonyl (C=O) groups excluding carboxylic acids is 1. The highest BCUT2D eigenvalue weighted by atomic mass is 16.4.